The average molecular weight is 316 g/mol. The molecule has 1 N–H and O–H groups in total. The van der Waals surface area contributed by atoms with E-state index in [1.54, 1.807) is 18.3 Å². The molecule has 0 aliphatic heterocycles. The smallest absolute Gasteiger partial charge is 0.234 e. The van der Waals surface area contributed by atoms with E-state index < -0.39 is 0 Å². The Balaban J connectivity index is 1.66. The Kier molecular flexibility index (Phi) is 4.06. The first-order chi connectivity index (χ1) is 10.6. The summed E-state index contributed by atoms with van der Waals surface area (Å²) in [6.07, 6.45) is 1.70. The molecule has 5 nitrogen and oxygen atoms in total. The molecule has 2 aromatic heterocycles. The lowest BCUT2D eigenvalue weighted by Crippen LogP contribution is -2.14. The van der Waals surface area contributed by atoms with E-state index in [9.17, 15) is 9.18 Å². The monoisotopic (exact) mass is 316 g/mol. The van der Waals surface area contributed by atoms with Gasteiger partial charge in [-0.15, -0.1) is 0 Å². The van der Waals surface area contributed by atoms with Crippen molar-refractivity contribution in [2.24, 2.45) is 7.05 Å². The summed E-state index contributed by atoms with van der Waals surface area (Å²) in [5.41, 5.74) is 2.01. The van der Waals surface area contributed by atoms with Crippen molar-refractivity contribution in [3.8, 4) is 0 Å². The van der Waals surface area contributed by atoms with Crippen LogP contribution in [0.3, 0.4) is 0 Å². The van der Waals surface area contributed by atoms with Gasteiger partial charge in [0.1, 0.15) is 11.3 Å². The molecule has 0 fully saturated rings. The highest BCUT2D eigenvalue weighted by molar-refractivity contribution is 7.99. The van der Waals surface area contributed by atoms with Crippen molar-refractivity contribution in [2.45, 2.75) is 5.16 Å². The van der Waals surface area contributed by atoms with Gasteiger partial charge in [-0.3, -0.25) is 4.79 Å². The number of halogens is 1. The van der Waals surface area contributed by atoms with Gasteiger partial charge in [-0.25, -0.2) is 14.4 Å². The Bertz CT molecular complexity index is 833. The third kappa shape index (κ3) is 3.09. The van der Waals surface area contributed by atoms with Gasteiger partial charge in [0.2, 0.25) is 5.91 Å². The van der Waals surface area contributed by atoms with Crippen LogP contribution in [0.25, 0.3) is 11.2 Å². The lowest BCUT2D eigenvalue weighted by atomic mass is 10.3. The summed E-state index contributed by atoms with van der Waals surface area (Å²) in [6, 6.07) is 9.50. The molecule has 0 aliphatic carbocycles. The predicted molar refractivity (Wildman–Crippen MR) is 84.3 cm³/mol. The van der Waals surface area contributed by atoms with Gasteiger partial charge in [-0.05, 0) is 30.3 Å². The standard InChI is InChI=1S/C15H13FN4OS/c1-20-14-12(6-3-7-17-14)19-15(20)22-9-13(21)18-11-5-2-4-10(16)8-11/h2-8H,9H2,1H3,(H,18,21). The first-order valence-corrected chi connectivity index (χ1v) is 7.58. The van der Waals surface area contributed by atoms with Crippen molar-refractivity contribution in [2.75, 3.05) is 11.1 Å². The second-order valence-electron chi connectivity index (χ2n) is 4.65. The first-order valence-electron chi connectivity index (χ1n) is 6.59. The van der Waals surface area contributed by atoms with Gasteiger partial charge >= 0.3 is 0 Å². The largest absolute Gasteiger partial charge is 0.325 e. The van der Waals surface area contributed by atoms with Crippen LogP contribution in [0.1, 0.15) is 0 Å². The minimum Gasteiger partial charge on any atom is -0.325 e. The molecule has 0 unspecified atom stereocenters. The van der Waals surface area contributed by atoms with E-state index in [4.69, 9.17) is 0 Å². The number of fused-ring (bicyclic) bond motifs is 1. The van der Waals surface area contributed by atoms with Gasteiger partial charge in [-0.2, -0.15) is 0 Å². The van der Waals surface area contributed by atoms with Crippen molar-refractivity contribution in [1.29, 1.82) is 0 Å². The highest BCUT2D eigenvalue weighted by Gasteiger charge is 2.11. The molecule has 0 radical (unpaired) electrons. The fourth-order valence-electron chi connectivity index (χ4n) is 2.03. The molecule has 0 aliphatic rings. The molecule has 112 valence electrons. The Morgan fingerprint density at radius 2 is 2.23 bits per heavy atom. The number of amides is 1. The first kappa shape index (κ1) is 14.5. The van der Waals surface area contributed by atoms with Crippen LogP contribution >= 0.6 is 11.8 Å². The molecule has 7 heteroatoms. The van der Waals surface area contributed by atoms with E-state index >= 15 is 0 Å². The van der Waals surface area contributed by atoms with E-state index in [1.165, 1.54) is 23.9 Å². The Morgan fingerprint density at radius 1 is 1.36 bits per heavy atom. The summed E-state index contributed by atoms with van der Waals surface area (Å²) in [7, 11) is 1.86. The lowest BCUT2D eigenvalue weighted by Gasteiger charge is -2.05. The van der Waals surface area contributed by atoms with Crippen LogP contribution in [-0.2, 0) is 11.8 Å². The maximum atomic E-state index is 13.1. The number of nitrogens with zero attached hydrogens (tertiary/aromatic N) is 3. The highest BCUT2D eigenvalue weighted by Crippen LogP contribution is 2.21. The van der Waals surface area contributed by atoms with Crippen molar-refractivity contribution in [3.05, 3.63) is 48.4 Å². The maximum Gasteiger partial charge on any atom is 0.234 e. The number of imidazole rings is 1. The van der Waals surface area contributed by atoms with E-state index in [0.29, 0.717) is 10.8 Å². The lowest BCUT2D eigenvalue weighted by molar-refractivity contribution is -0.113. The second-order valence-corrected chi connectivity index (χ2v) is 5.59. The van der Waals surface area contributed by atoms with Gasteiger partial charge in [0.05, 0.1) is 5.75 Å². The van der Waals surface area contributed by atoms with Crippen LogP contribution in [-0.4, -0.2) is 26.2 Å². The number of aryl methyl sites for hydroxylation is 1. The number of carbonyl (C=O) groups is 1. The van der Waals surface area contributed by atoms with E-state index in [-0.39, 0.29) is 17.5 Å². The van der Waals surface area contributed by atoms with E-state index in [1.807, 2.05) is 23.7 Å². The zero-order valence-corrected chi connectivity index (χ0v) is 12.6. The number of nitrogens with one attached hydrogen (secondary N) is 1. The van der Waals surface area contributed by atoms with Crippen molar-refractivity contribution < 1.29 is 9.18 Å². The van der Waals surface area contributed by atoms with Crippen LogP contribution in [0.2, 0.25) is 0 Å². The number of thioether (sulfide) groups is 1. The van der Waals surface area contributed by atoms with Crippen molar-refractivity contribution in [3.63, 3.8) is 0 Å². The van der Waals surface area contributed by atoms with Crippen LogP contribution in [0.5, 0.6) is 0 Å². The number of rotatable bonds is 4. The molecular formula is C15H13FN4OS. The quantitative estimate of drug-likeness (QED) is 0.752. The molecular weight excluding hydrogens is 303 g/mol. The van der Waals surface area contributed by atoms with Gasteiger partial charge in [-0.1, -0.05) is 17.8 Å². The summed E-state index contributed by atoms with van der Waals surface area (Å²) in [5, 5.41) is 3.36. The highest BCUT2D eigenvalue weighted by atomic mass is 32.2. The molecule has 0 saturated carbocycles. The summed E-state index contributed by atoms with van der Waals surface area (Å²) in [6.45, 7) is 0. The third-order valence-electron chi connectivity index (χ3n) is 3.03. The average Bonchev–Trinajstić information content (AvgIpc) is 2.82. The van der Waals surface area contributed by atoms with Gasteiger partial charge in [0.15, 0.2) is 10.8 Å². The molecule has 0 bridgehead atoms. The summed E-state index contributed by atoms with van der Waals surface area (Å²) < 4.78 is 14.9. The number of pyridine rings is 1. The second kappa shape index (κ2) is 6.15. The normalized spacial score (nSPS) is 10.8. The van der Waals surface area contributed by atoms with E-state index in [2.05, 4.69) is 15.3 Å². The van der Waals surface area contributed by atoms with Crippen LogP contribution in [0.4, 0.5) is 10.1 Å². The summed E-state index contributed by atoms with van der Waals surface area (Å²) in [4.78, 5) is 20.6. The summed E-state index contributed by atoms with van der Waals surface area (Å²) >= 11 is 1.31. The topological polar surface area (TPSA) is 59.8 Å². The zero-order valence-electron chi connectivity index (χ0n) is 11.8. The number of hydrogen-bond donors (Lipinski definition) is 1. The molecule has 3 aromatic rings. The molecule has 0 saturated heterocycles. The van der Waals surface area contributed by atoms with Crippen molar-refractivity contribution in [1.82, 2.24) is 14.5 Å². The van der Waals surface area contributed by atoms with Crippen LogP contribution in [0, 0.1) is 5.82 Å². The number of aromatic nitrogens is 3. The number of benzene rings is 1. The fraction of sp³-hybridized carbons (Fsp3) is 0.133. The van der Waals surface area contributed by atoms with Crippen LogP contribution < -0.4 is 5.32 Å². The third-order valence-corrected chi connectivity index (χ3v) is 4.06. The summed E-state index contributed by atoms with van der Waals surface area (Å²) in [5.74, 6) is -0.407. The number of carbonyl (C=O) groups excluding carboxylic acids is 1. The van der Waals surface area contributed by atoms with Crippen LogP contribution in [0.15, 0.2) is 47.8 Å². The predicted octanol–water partition coefficient (Wildman–Crippen LogP) is 2.84. The fourth-order valence-corrected chi connectivity index (χ4v) is 2.80. The zero-order chi connectivity index (χ0) is 15.5. The van der Waals surface area contributed by atoms with Crippen molar-refractivity contribution >= 4 is 34.5 Å². The molecule has 1 amide bonds. The molecule has 3 rings (SSSR count). The SMILES string of the molecule is Cn1c(SCC(=O)Nc2cccc(F)c2)nc2cccnc21. The van der Waals surface area contributed by atoms with Gasteiger partial charge in [0.25, 0.3) is 0 Å². The minimum atomic E-state index is -0.383. The Labute approximate surface area is 130 Å². The number of anilines is 1. The van der Waals surface area contributed by atoms with Gasteiger partial charge < -0.3 is 9.88 Å². The molecule has 22 heavy (non-hydrogen) atoms. The molecule has 1 aromatic carbocycles. The minimum absolute atomic E-state index is 0.188. The molecule has 2 heterocycles. The number of hydrogen-bond acceptors (Lipinski definition) is 4. The molecule has 0 spiro atoms. The Morgan fingerprint density at radius 3 is 3.00 bits per heavy atom. The Hall–Kier alpha value is -2.41. The molecule has 0 atom stereocenters. The maximum absolute atomic E-state index is 13.1. The van der Waals surface area contributed by atoms with Gasteiger partial charge in [0, 0.05) is 18.9 Å². The van der Waals surface area contributed by atoms with E-state index in [0.717, 1.165) is 11.2 Å².